The summed E-state index contributed by atoms with van der Waals surface area (Å²) >= 11 is 1.98. The van der Waals surface area contributed by atoms with Crippen molar-refractivity contribution in [3.8, 4) is 0 Å². The van der Waals surface area contributed by atoms with Crippen molar-refractivity contribution in [1.82, 2.24) is 10.6 Å². The third-order valence-corrected chi connectivity index (χ3v) is 3.76. The van der Waals surface area contributed by atoms with Crippen LogP contribution in [-0.4, -0.2) is 25.0 Å². The number of carbonyl (C=O) groups is 1. The average Bonchev–Trinajstić information content (AvgIpc) is 2.30. The number of amides is 1. The second-order valence-electron chi connectivity index (χ2n) is 4.09. The van der Waals surface area contributed by atoms with E-state index in [0.29, 0.717) is 3.57 Å². The fraction of sp³-hybridized carbons (Fsp3) is 0.417. The fourth-order valence-corrected chi connectivity index (χ4v) is 2.65. The third-order valence-electron chi connectivity index (χ3n) is 2.86. The van der Waals surface area contributed by atoms with E-state index in [1.807, 2.05) is 22.6 Å². The summed E-state index contributed by atoms with van der Waals surface area (Å²) in [5.74, 6) is -0.761. The van der Waals surface area contributed by atoms with Crippen LogP contribution >= 0.6 is 22.6 Å². The monoisotopic (exact) mass is 348 g/mol. The van der Waals surface area contributed by atoms with Gasteiger partial charge in [-0.15, -0.1) is 0 Å². The lowest BCUT2D eigenvalue weighted by atomic mass is 10.1. The van der Waals surface area contributed by atoms with Gasteiger partial charge in [0.2, 0.25) is 0 Å². The normalized spacial score (nSPS) is 16.8. The molecule has 0 unspecified atom stereocenters. The van der Waals surface area contributed by atoms with Crippen LogP contribution in [0.2, 0.25) is 0 Å². The van der Waals surface area contributed by atoms with E-state index >= 15 is 0 Å². The van der Waals surface area contributed by atoms with Gasteiger partial charge < -0.3 is 10.6 Å². The smallest absolute Gasteiger partial charge is 0.255 e. The molecule has 2 N–H and O–H groups in total. The highest BCUT2D eigenvalue weighted by molar-refractivity contribution is 14.1. The molecule has 0 bridgehead atoms. The minimum atomic E-state index is -0.455. The minimum absolute atomic E-state index is 0.152. The highest BCUT2D eigenvalue weighted by atomic mass is 127. The molecule has 17 heavy (non-hydrogen) atoms. The van der Waals surface area contributed by atoms with E-state index in [4.69, 9.17) is 0 Å². The molecule has 0 atom stereocenters. The summed E-state index contributed by atoms with van der Waals surface area (Å²) < 4.78 is 14.2. The molecule has 1 saturated heterocycles. The van der Waals surface area contributed by atoms with Crippen LogP contribution in [-0.2, 0) is 0 Å². The first-order valence-electron chi connectivity index (χ1n) is 5.64. The number of halogens is 2. The Hall–Kier alpha value is -0.690. The molecule has 1 heterocycles. The molecule has 0 saturated carbocycles. The number of hydrogen-bond acceptors (Lipinski definition) is 2. The molecular weight excluding hydrogens is 334 g/mol. The van der Waals surface area contributed by atoms with Crippen molar-refractivity contribution in [2.75, 3.05) is 13.1 Å². The zero-order valence-corrected chi connectivity index (χ0v) is 11.5. The summed E-state index contributed by atoms with van der Waals surface area (Å²) in [4.78, 5) is 12.0. The Kier molecular flexibility index (Phi) is 4.33. The summed E-state index contributed by atoms with van der Waals surface area (Å²) in [5, 5.41) is 6.12. The molecule has 0 spiro atoms. The standard InChI is InChI=1S/C12H14FIN2O/c13-9-2-1-3-10(14)11(9)12(17)16-8-4-6-15-7-5-8/h1-3,8,15H,4-7H2,(H,16,17). The predicted molar refractivity (Wildman–Crippen MR) is 72.5 cm³/mol. The molecule has 1 aliphatic heterocycles. The van der Waals surface area contributed by atoms with Crippen LogP contribution in [0.25, 0.3) is 0 Å². The lowest BCUT2D eigenvalue weighted by Gasteiger charge is -2.23. The van der Waals surface area contributed by atoms with Gasteiger partial charge >= 0.3 is 0 Å². The minimum Gasteiger partial charge on any atom is -0.349 e. The molecule has 1 aliphatic rings. The van der Waals surface area contributed by atoms with E-state index in [0.717, 1.165) is 25.9 Å². The number of piperidine rings is 1. The quantitative estimate of drug-likeness (QED) is 0.802. The van der Waals surface area contributed by atoms with Crippen molar-refractivity contribution in [1.29, 1.82) is 0 Å². The Bertz CT molecular complexity index is 399. The first-order valence-corrected chi connectivity index (χ1v) is 6.72. The molecule has 0 aromatic heterocycles. The fourth-order valence-electron chi connectivity index (χ4n) is 1.94. The number of rotatable bonds is 2. The topological polar surface area (TPSA) is 41.1 Å². The molecule has 3 nitrogen and oxygen atoms in total. The van der Waals surface area contributed by atoms with E-state index in [-0.39, 0.29) is 17.5 Å². The number of nitrogens with one attached hydrogen (secondary N) is 2. The van der Waals surface area contributed by atoms with Gasteiger partial charge in [0.25, 0.3) is 5.91 Å². The Morgan fingerprint density at radius 3 is 2.76 bits per heavy atom. The van der Waals surface area contributed by atoms with Gasteiger partial charge in [-0.2, -0.15) is 0 Å². The highest BCUT2D eigenvalue weighted by Gasteiger charge is 2.20. The average molecular weight is 348 g/mol. The molecular formula is C12H14FIN2O. The van der Waals surface area contributed by atoms with E-state index < -0.39 is 5.82 Å². The molecule has 0 aliphatic carbocycles. The Labute approximate surface area is 113 Å². The van der Waals surface area contributed by atoms with E-state index in [1.165, 1.54) is 6.07 Å². The second-order valence-corrected chi connectivity index (χ2v) is 5.26. The van der Waals surface area contributed by atoms with Gasteiger partial charge in [0.1, 0.15) is 5.82 Å². The molecule has 0 radical (unpaired) electrons. The van der Waals surface area contributed by atoms with Crippen molar-refractivity contribution in [2.24, 2.45) is 0 Å². The van der Waals surface area contributed by atoms with Gasteiger partial charge in [-0.05, 0) is 60.7 Å². The number of carbonyl (C=O) groups excluding carboxylic acids is 1. The predicted octanol–water partition coefficient (Wildman–Crippen LogP) is 1.91. The Balaban J connectivity index is 2.08. The van der Waals surface area contributed by atoms with Crippen molar-refractivity contribution in [3.05, 3.63) is 33.1 Å². The van der Waals surface area contributed by atoms with E-state index in [2.05, 4.69) is 10.6 Å². The Morgan fingerprint density at radius 2 is 2.12 bits per heavy atom. The van der Waals surface area contributed by atoms with Crippen molar-refractivity contribution in [3.63, 3.8) is 0 Å². The SMILES string of the molecule is O=C(NC1CCNCC1)c1c(F)cccc1I. The van der Waals surface area contributed by atoms with Crippen LogP contribution < -0.4 is 10.6 Å². The largest absolute Gasteiger partial charge is 0.349 e. The summed E-state index contributed by atoms with van der Waals surface area (Å²) in [5.41, 5.74) is 0.159. The Morgan fingerprint density at radius 1 is 1.41 bits per heavy atom. The molecule has 1 aromatic rings. The molecule has 1 fully saturated rings. The van der Waals surface area contributed by atoms with Gasteiger partial charge in [0.05, 0.1) is 5.56 Å². The lowest BCUT2D eigenvalue weighted by molar-refractivity contribution is 0.0924. The van der Waals surface area contributed by atoms with Gasteiger partial charge in [-0.3, -0.25) is 4.79 Å². The lowest BCUT2D eigenvalue weighted by Crippen LogP contribution is -2.43. The van der Waals surface area contributed by atoms with Crippen molar-refractivity contribution >= 4 is 28.5 Å². The zero-order chi connectivity index (χ0) is 12.3. The van der Waals surface area contributed by atoms with Gasteiger partial charge in [-0.25, -0.2) is 4.39 Å². The number of hydrogen-bond donors (Lipinski definition) is 2. The van der Waals surface area contributed by atoms with E-state index in [9.17, 15) is 9.18 Å². The maximum absolute atomic E-state index is 13.6. The maximum atomic E-state index is 13.6. The molecule has 2 rings (SSSR count). The van der Waals surface area contributed by atoms with Gasteiger partial charge in [-0.1, -0.05) is 6.07 Å². The van der Waals surface area contributed by atoms with Crippen LogP contribution in [0.1, 0.15) is 23.2 Å². The third kappa shape index (κ3) is 3.16. The molecule has 1 aromatic carbocycles. The molecule has 92 valence electrons. The summed E-state index contributed by atoms with van der Waals surface area (Å²) in [6, 6.07) is 4.82. The van der Waals surface area contributed by atoms with Crippen LogP contribution in [0.4, 0.5) is 4.39 Å². The summed E-state index contributed by atoms with van der Waals surface area (Å²) in [6.45, 7) is 1.80. The summed E-state index contributed by atoms with van der Waals surface area (Å²) in [7, 11) is 0. The van der Waals surface area contributed by atoms with Crippen LogP contribution in [0, 0.1) is 9.39 Å². The second kappa shape index (κ2) is 5.77. The van der Waals surface area contributed by atoms with Crippen LogP contribution in [0.5, 0.6) is 0 Å². The summed E-state index contributed by atoms with van der Waals surface area (Å²) in [6.07, 6.45) is 1.80. The maximum Gasteiger partial charge on any atom is 0.255 e. The molecule has 5 heteroatoms. The van der Waals surface area contributed by atoms with Crippen molar-refractivity contribution < 1.29 is 9.18 Å². The van der Waals surface area contributed by atoms with Gasteiger partial charge in [0, 0.05) is 9.61 Å². The number of benzene rings is 1. The van der Waals surface area contributed by atoms with Crippen LogP contribution in [0.15, 0.2) is 18.2 Å². The van der Waals surface area contributed by atoms with Crippen LogP contribution in [0.3, 0.4) is 0 Å². The zero-order valence-electron chi connectivity index (χ0n) is 9.30. The highest BCUT2D eigenvalue weighted by Crippen LogP contribution is 2.16. The van der Waals surface area contributed by atoms with E-state index in [1.54, 1.807) is 12.1 Å². The van der Waals surface area contributed by atoms with Crippen molar-refractivity contribution in [2.45, 2.75) is 18.9 Å². The first-order chi connectivity index (χ1) is 8.18. The first kappa shape index (κ1) is 12.8. The molecule has 1 amide bonds. The van der Waals surface area contributed by atoms with Gasteiger partial charge in [0.15, 0.2) is 0 Å².